The van der Waals surface area contributed by atoms with Gasteiger partial charge in [-0.15, -0.1) is 13.2 Å². The van der Waals surface area contributed by atoms with Crippen LogP contribution in [0.2, 0.25) is 0 Å². The van der Waals surface area contributed by atoms with E-state index < -0.39 is 141 Å². The zero-order valence-electron chi connectivity index (χ0n) is 61.3. The van der Waals surface area contributed by atoms with Gasteiger partial charge in [0.15, 0.2) is 0 Å². The molecule has 0 aromatic heterocycles. The number of hydrogen-bond acceptors (Lipinski definition) is 17. The van der Waals surface area contributed by atoms with Gasteiger partial charge in [-0.05, 0) is 145 Å². The number of carbonyl (C=O) groups is 8. The fourth-order valence-corrected chi connectivity index (χ4v) is 17.3. The molecule has 8 bridgehead atoms. The predicted octanol–water partition coefficient (Wildman–Crippen LogP) is 8.58. The Morgan fingerprint density at radius 3 is 1.38 bits per heavy atom. The number of aryl methyl sites for hydroxylation is 2. The van der Waals surface area contributed by atoms with E-state index >= 15 is 0 Å². The number of hydrogen-bond donors (Lipinski definition) is 7. The predicted molar refractivity (Wildman–Crippen MR) is 394 cm³/mol. The Hall–Kier alpha value is -8.50. The van der Waals surface area contributed by atoms with Crippen molar-refractivity contribution in [3.05, 3.63) is 145 Å². The van der Waals surface area contributed by atoms with Gasteiger partial charge in [0.25, 0.3) is 11.8 Å². The van der Waals surface area contributed by atoms with Crippen LogP contribution >= 0.6 is 0 Å². The van der Waals surface area contributed by atoms with Crippen LogP contribution in [-0.2, 0) is 91.8 Å². The molecule has 7 amide bonds. The molecule has 0 spiro atoms. The molecule has 4 heterocycles. The summed E-state index contributed by atoms with van der Waals surface area (Å²) in [6, 6.07) is 28.3. The third-order valence-electron chi connectivity index (χ3n) is 21.6. The average Bonchev–Trinajstić information content (AvgIpc) is 1.68. The number of nitrogens with two attached hydrogens (primary N) is 1. The molecule has 8 N–H and O–H groups in total. The Labute approximate surface area is 616 Å². The van der Waals surface area contributed by atoms with E-state index in [-0.39, 0.29) is 51.5 Å². The fraction of sp³-hybridized carbons (Fsp3) is 0.538. The number of carbonyl (C=O) groups excluding carboxylic acids is 7. The number of nitrogens with zero attached hydrogens (tertiary/aromatic N) is 2. The van der Waals surface area contributed by atoms with Crippen molar-refractivity contribution < 1.29 is 79.2 Å². The standard InChI is InChI=1S/C39H50N4O8S.C30H38N2O6.C9H14N2O3S/c1-6-27-22-39(27,35(46)42-52(48,49)29-17-18-29)41-33(44)31-23-38(50-5)24-43(31)34(45)32(37(2,3)4)40-36(47)51-20-12-8-11-15-26-21-28(38)16-19-30(26)25-13-9-7-10-14-25;1-29(2,3)25-26(33)32-19-30(37-4,18-24(32)27(34)35)22-14-15-23(20-11-7-5-8-12-20)21(17-22)13-9-6-10-16-38-28(36)31-25;1-2-6-5-9(6,10)8(12)11-15(13,14)7-3-4-7/h6-7,9-10,13-14,16,19,21,27,29,31-32H,1,8,11-12,15,17-18,20,22-24H2,2-5H3,(H,40,47)(H,41,44)(H,42,46);5,7-8,11-12,14-15,17,24-25H,6,9-10,13,16,18-19H2,1-4H3,(H,31,36)(H,34,35);2,6-7H,1,3-5,10H2,(H,11,12)/t27-,31+,32-,38+,39-;24-,25+,30-;6-,9-/m101/s1. The van der Waals surface area contributed by atoms with Crippen LogP contribution in [0.25, 0.3) is 22.3 Å². The number of carboxylic acid groups (broad SMARTS) is 1. The maximum absolute atomic E-state index is 14.7. The lowest BCUT2D eigenvalue weighted by Crippen LogP contribution is -2.60. The molecule has 25 nitrogen and oxygen atoms in total. The quantitative estimate of drug-likeness (QED) is 0.0548. The Balaban J connectivity index is 0.000000193. The second kappa shape index (κ2) is 31.5. The summed E-state index contributed by atoms with van der Waals surface area (Å²) in [7, 11) is -4.25. The minimum absolute atomic E-state index is 0.0198. The molecule has 4 aromatic carbocycles. The number of methoxy groups -OCH3 is 2. The van der Waals surface area contributed by atoms with E-state index in [2.05, 4.69) is 82.4 Å². The van der Waals surface area contributed by atoms with Gasteiger partial charge in [0.2, 0.25) is 37.8 Å². The van der Waals surface area contributed by atoms with E-state index in [0.717, 1.165) is 83.0 Å². The maximum Gasteiger partial charge on any atom is 0.407 e. The van der Waals surface area contributed by atoms with Crippen LogP contribution < -0.4 is 31.1 Å². The van der Waals surface area contributed by atoms with Crippen molar-refractivity contribution >= 4 is 67.7 Å². The second-order valence-electron chi connectivity index (χ2n) is 31.3. The number of amides is 7. The van der Waals surface area contributed by atoms with Crippen LogP contribution in [0, 0.1) is 22.7 Å². The number of nitrogens with one attached hydrogen (secondary N) is 5. The molecule has 6 fully saturated rings. The van der Waals surface area contributed by atoms with Gasteiger partial charge < -0.3 is 55.5 Å². The van der Waals surface area contributed by atoms with Crippen LogP contribution in [0.5, 0.6) is 0 Å². The van der Waals surface area contributed by atoms with Gasteiger partial charge in [0.05, 0.1) is 36.8 Å². The summed E-state index contributed by atoms with van der Waals surface area (Å²) < 4.78 is 75.9. The largest absolute Gasteiger partial charge is 0.480 e. The van der Waals surface area contributed by atoms with Crippen LogP contribution in [0.1, 0.15) is 154 Å². The molecule has 105 heavy (non-hydrogen) atoms. The first kappa shape index (κ1) is 79.1. The third-order valence-corrected chi connectivity index (χ3v) is 25.3. The lowest BCUT2D eigenvalue weighted by atomic mass is 9.85. The molecule has 4 aliphatic carbocycles. The molecule has 10 atom stereocenters. The lowest BCUT2D eigenvalue weighted by molar-refractivity contribution is -0.150. The molecule has 0 radical (unpaired) electrons. The van der Waals surface area contributed by atoms with Crippen LogP contribution in [0.3, 0.4) is 0 Å². The molecule has 27 heteroatoms. The Bertz CT molecular complexity index is 4200. The molecule has 0 unspecified atom stereocenters. The number of carboxylic acids is 1. The SMILES string of the molecule is C=C[C@@H]1C[C@]1(N)C(=O)NS(=O)(=O)C1CC1.C=C[C@@H]1C[C@]1(NC(=O)[C@@H]1C[C@]2(OC)CN1C(=O)[C@H](C(C)(C)C)NC(=O)OCCCCCc1cc2ccc1-c1ccccc1)C(=O)NS(=O)(=O)C1CC1.CO[C@@]12C[C@@H](C(=O)O)N(C1)C(=O)[C@H](C(C)(C)C)NC(=O)OCCCCCc1cc2ccc1-c1ccccc1. The Morgan fingerprint density at radius 2 is 1.00 bits per heavy atom. The first-order valence-corrected chi connectivity index (χ1v) is 39.4. The first-order valence-electron chi connectivity index (χ1n) is 36.3. The van der Waals surface area contributed by atoms with Gasteiger partial charge >= 0.3 is 18.2 Å². The third kappa shape index (κ3) is 17.8. The summed E-state index contributed by atoms with van der Waals surface area (Å²) in [5.41, 5.74) is 7.77. The van der Waals surface area contributed by atoms with Crippen molar-refractivity contribution in [2.24, 2.45) is 28.4 Å². The van der Waals surface area contributed by atoms with Crippen molar-refractivity contribution in [1.29, 1.82) is 0 Å². The molecule has 2 saturated heterocycles. The van der Waals surface area contributed by atoms with E-state index in [4.69, 9.17) is 24.7 Å². The van der Waals surface area contributed by atoms with E-state index in [1.807, 2.05) is 94.8 Å². The van der Waals surface area contributed by atoms with Crippen molar-refractivity contribution in [1.82, 2.24) is 35.2 Å². The Kier molecular flexibility index (Phi) is 23.7. The minimum Gasteiger partial charge on any atom is -0.480 e. The summed E-state index contributed by atoms with van der Waals surface area (Å²) in [5.74, 6) is -4.75. The summed E-state index contributed by atoms with van der Waals surface area (Å²) in [5, 5.41) is 17.4. The number of alkyl carbamates (subject to hydrolysis) is 2. The maximum atomic E-state index is 14.7. The topological polar surface area (TPSA) is 355 Å². The number of aliphatic carboxylic acids is 1. The molecular formula is C78H102N8O17S2. The number of cyclic esters (lactones) is 2. The smallest absolute Gasteiger partial charge is 0.407 e. The monoisotopic (exact) mass is 1490 g/mol. The molecule has 4 saturated carbocycles. The zero-order valence-corrected chi connectivity index (χ0v) is 63.0. The minimum atomic E-state index is -3.89. The number of ether oxygens (including phenoxy) is 4. The highest BCUT2D eigenvalue weighted by molar-refractivity contribution is 7.91. The number of fused-ring (bicyclic) bond motifs is 10. The van der Waals surface area contributed by atoms with Gasteiger partial charge in [-0.2, -0.15) is 0 Å². The van der Waals surface area contributed by atoms with E-state index in [1.165, 1.54) is 15.9 Å². The van der Waals surface area contributed by atoms with Crippen LogP contribution in [0.4, 0.5) is 9.59 Å². The second-order valence-corrected chi connectivity index (χ2v) is 35.2. The molecule has 4 aliphatic heterocycles. The van der Waals surface area contributed by atoms with E-state index in [0.29, 0.717) is 44.9 Å². The van der Waals surface area contributed by atoms with Gasteiger partial charge in [-0.1, -0.05) is 151 Å². The first-order chi connectivity index (χ1) is 49.6. The highest BCUT2D eigenvalue weighted by Crippen LogP contribution is 2.49. The Morgan fingerprint density at radius 1 is 0.581 bits per heavy atom. The van der Waals surface area contributed by atoms with Crippen molar-refractivity contribution in [2.45, 2.75) is 201 Å². The molecule has 4 aromatic rings. The molecule has 568 valence electrons. The van der Waals surface area contributed by atoms with Gasteiger partial charge in [0, 0.05) is 38.9 Å². The lowest BCUT2D eigenvalue weighted by Gasteiger charge is -2.36. The fourth-order valence-electron chi connectivity index (χ4n) is 14.6. The highest BCUT2D eigenvalue weighted by Gasteiger charge is 2.63. The number of rotatable bonds is 15. The van der Waals surface area contributed by atoms with Crippen molar-refractivity contribution in [3.63, 3.8) is 0 Å². The molecule has 8 aliphatic rings. The summed E-state index contributed by atoms with van der Waals surface area (Å²) in [6.45, 7) is 18.8. The summed E-state index contributed by atoms with van der Waals surface area (Å²) in [4.78, 5) is 109. The van der Waals surface area contributed by atoms with Gasteiger partial charge in [0.1, 0.15) is 46.4 Å². The molecule has 12 rings (SSSR count). The van der Waals surface area contributed by atoms with Crippen molar-refractivity contribution in [3.8, 4) is 22.3 Å². The van der Waals surface area contributed by atoms with Gasteiger partial charge in [-0.25, -0.2) is 31.2 Å². The zero-order chi connectivity index (χ0) is 76.2. The van der Waals surface area contributed by atoms with Crippen LogP contribution in [-0.4, -0.2) is 166 Å². The van der Waals surface area contributed by atoms with Crippen LogP contribution in [0.15, 0.2) is 122 Å². The summed E-state index contributed by atoms with van der Waals surface area (Å²) >= 11 is 0. The van der Waals surface area contributed by atoms with Crippen molar-refractivity contribution in [2.75, 3.05) is 40.5 Å². The van der Waals surface area contributed by atoms with E-state index in [9.17, 15) is 60.3 Å². The summed E-state index contributed by atoms with van der Waals surface area (Å²) in [6.07, 6.45) is 11.0. The normalized spacial score (nSPS) is 28.0. The highest BCUT2D eigenvalue weighted by atomic mass is 32.2. The van der Waals surface area contributed by atoms with Gasteiger partial charge in [-0.3, -0.25) is 33.4 Å². The average molecular weight is 1490 g/mol. The number of sulfonamides is 2. The number of benzene rings is 4. The molecular weight excluding hydrogens is 1390 g/mol. The van der Waals surface area contributed by atoms with E-state index in [1.54, 1.807) is 20.3 Å².